The molecule has 0 spiro atoms. The van der Waals surface area contributed by atoms with Crippen molar-refractivity contribution < 1.29 is 14.3 Å². The van der Waals surface area contributed by atoms with Gasteiger partial charge in [-0.1, -0.05) is 45.2 Å². The molecule has 1 saturated heterocycles. The number of rotatable bonds is 9. The number of methoxy groups -OCH3 is 1. The average molecular weight is 407 g/mol. The van der Waals surface area contributed by atoms with E-state index in [1.165, 1.54) is 6.42 Å². The van der Waals surface area contributed by atoms with Crippen molar-refractivity contribution in [2.75, 3.05) is 13.7 Å². The summed E-state index contributed by atoms with van der Waals surface area (Å²) in [5.41, 5.74) is 2.17. The molecular formula is C20H30N4O3S. The lowest BCUT2D eigenvalue weighted by Gasteiger charge is -2.23. The number of hydrogen-bond acceptors (Lipinski definition) is 4. The summed E-state index contributed by atoms with van der Waals surface area (Å²) >= 11 is 5.29. The van der Waals surface area contributed by atoms with E-state index < -0.39 is 17.5 Å². The molecular weight excluding hydrogens is 376 g/mol. The van der Waals surface area contributed by atoms with Gasteiger partial charge in [-0.15, -0.1) is 0 Å². The Bertz CT molecular complexity index is 727. The molecule has 28 heavy (non-hydrogen) atoms. The lowest BCUT2D eigenvalue weighted by atomic mass is 9.92. The van der Waals surface area contributed by atoms with Gasteiger partial charge >= 0.3 is 6.03 Å². The number of imide groups is 1. The van der Waals surface area contributed by atoms with Crippen molar-refractivity contribution in [3.8, 4) is 5.75 Å². The Kier molecular flexibility index (Phi) is 7.62. The normalized spacial score (nSPS) is 19.9. The van der Waals surface area contributed by atoms with Crippen LogP contribution in [0, 0.1) is 5.92 Å². The SMILES string of the molecule is CCCC[C@@H](CC)CNC(=S)NN1C(=O)N[C@](C)(c2cccc(OC)c2)C1=O. The van der Waals surface area contributed by atoms with Crippen molar-refractivity contribution >= 4 is 29.3 Å². The highest BCUT2D eigenvalue weighted by atomic mass is 32.1. The van der Waals surface area contributed by atoms with Crippen LogP contribution >= 0.6 is 12.2 Å². The van der Waals surface area contributed by atoms with Crippen LogP contribution in [0.15, 0.2) is 24.3 Å². The standard InChI is InChI=1S/C20H30N4O3S/c1-5-7-9-14(6-2)13-21-18(28)23-24-17(25)20(3,22-19(24)26)15-10-8-11-16(12-15)27-4/h8,10-12,14H,5-7,9,13H2,1-4H3,(H,22,26)(H2,21,23,28)/t14-,20-/m1/s1. The number of urea groups is 1. The van der Waals surface area contributed by atoms with Gasteiger partial charge in [0.1, 0.15) is 11.3 Å². The summed E-state index contributed by atoms with van der Waals surface area (Å²) in [7, 11) is 1.55. The van der Waals surface area contributed by atoms with Crippen LogP contribution < -0.4 is 20.8 Å². The Balaban J connectivity index is 2.02. The molecule has 2 atom stereocenters. The fourth-order valence-corrected chi connectivity index (χ4v) is 3.37. The van der Waals surface area contributed by atoms with Crippen molar-refractivity contribution in [2.45, 2.75) is 52.0 Å². The van der Waals surface area contributed by atoms with Crippen LogP contribution in [0.25, 0.3) is 0 Å². The third kappa shape index (κ3) is 4.92. The summed E-state index contributed by atoms with van der Waals surface area (Å²) in [6, 6.07) is 6.53. The molecule has 154 valence electrons. The van der Waals surface area contributed by atoms with Crippen LogP contribution in [0.3, 0.4) is 0 Å². The van der Waals surface area contributed by atoms with Crippen molar-refractivity contribution in [1.82, 2.24) is 21.1 Å². The second kappa shape index (κ2) is 9.73. The van der Waals surface area contributed by atoms with Crippen LogP contribution in [-0.4, -0.2) is 35.7 Å². The number of thiocarbonyl (C=S) groups is 1. The van der Waals surface area contributed by atoms with Gasteiger partial charge in [-0.25, -0.2) is 4.79 Å². The van der Waals surface area contributed by atoms with Crippen LogP contribution in [-0.2, 0) is 10.3 Å². The maximum atomic E-state index is 13.0. The molecule has 0 bridgehead atoms. The summed E-state index contributed by atoms with van der Waals surface area (Å²) < 4.78 is 5.22. The molecule has 0 aliphatic carbocycles. The number of ether oxygens (including phenoxy) is 1. The first-order chi connectivity index (χ1) is 13.3. The Hall–Kier alpha value is -2.35. The molecule has 1 aromatic rings. The Labute approximate surface area is 172 Å². The number of nitrogens with one attached hydrogen (secondary N) is 3. The highest BCUT2D eigenvalue weighted by Crippen LogP contribution is 2.30. The maximum Gasteiger partial charge on any atom is 0.344 e. The third-order valence-corrected chi connectivity index (χ3v) is 5.38. The Morgan fingerprint density at radius 2 is 2.11 bits per heavy atom. The van der Waals surface area contributed by atoms with Crippen LogP contribution in [0.5, 0.6) is 5.75 Å². The van der Waals surface area contributed by atoms with E-state index in [0.717, 1.165) is 24.3 Å². The number of amides is 3. The summed E-state index contributed by atoms with van der Waals surface area (Å²) in [5, 5.41) is 7.05. The first-order valence-electron chi connectivity index (χ1n) is 9.71. The fraction of sp³-hybridized carbons (Fsp3) is 0.550. The quantitative estimate of drug-likeness (QED) is 0.432. The zero-order valence-corrected chi connectivity index (χ0v) is 17.8. The zero-order valence-electron chi connectivity index (χ0n) is 17.0. The van der Waals surface area contributed by atoms with Gasteiger partial charge in [0.15, 0.2) is 5.11 Å². The molecule has 0 saturated carbocycles. The molecule has 1 aromatic carbocycles. The summed E-state index contributed by atoms with van der Waals surface area (Å²) in [6.07, 6.45) is 4.50. The van der Waals surface area contributed by atoms with Crippen molar-refractivity contribution in [3.05, 3.63) is 29.8 Å². The van der Waals surface area contributed by atoms with E-state index in [0.29, 0.717) is 23.8 Å². The molecule has 3 amide bonds. The molecule has 1 heterocycles. The number of carbonyl (C=O) groups excluding carboxylic acids is 2. The van der Waals surface area contributed by atoms with E-state index >= 15 is 0 Å². The highest BCUT2D eigenvalue weighted by molar-refractivity contribution is 7.80. The average Bonchev–Trinajstić information content (AvgIpc) is 2.92. The van der Waals surface area contributed by atoms with Gasteiger partial charge in [0, 0.05) is 6.54 Å². The number of hydrogen-bond donors (Lipinski definition) is 3. The Morgan fingerprint density at radius 3 is 2.75 bits per heavy atom. The largest absolute Gasteiger partial charge is 0.497 e. The van der Waals surface area contributed by atoms with E-state index in [1.54, 1.807) is 38.3 Å². The molecule has 8 heteroatoms. The fourth-order valence-electron chi connectivity index (χ4n) is 3.19. The number of nitrogens with zero attached hydrogens (tertiary/aromatic N) is 1. The minimum Gasteiger partial charge on any atom is -0.497 e. The van der Waals surface area contributed by atoms with Gasteiger partial charge in [-0.05, 0) is 49.2 Å². The molecule has 0 radical (unpaired) electrons. The predicted octanol–water partition coefficient (Wildman–Crippen LogP) is 3.06. The third-order valence-electron chi connectivity index (χ3n) is 5.15. The van der Waals surface area contributed by atoms with E-state index in [4.69, 9.17) is 17.0 Å². The monoisotopic (exact) mass is 406 g/mol. The molecule has 2 rings (SSSR count). The first kappa shape index (κ1) is 21.9. The topological polar surface area (TPSA) is 82.7 Å². The van der Waals surface area contributed by atoms with E-state index in [-0.39, 0.29) is 5.11 Å². The second-order valence-electron chi connectivity index (χ2n) is 7.17. The van der Waals surface area contributed by atoms with Gasteiger partial charge in [0.2, 0.25) is 0 Å². The minimum atomic E-state index is -1.19. The van der Waals surface area contributed by atoms with Crippen LogP contribution in [0.4, 0.5) is 4.79 Å². The van der Waals surface area contributed by atoms with E-state index in [9.17, 15) is 9.59 Å². The van der Waals surface area contributed by atoms with Gasteiger partial charge in [-0.3, -0.25) is 10.2 Å². The van der Waals surface area contributed by atoms with Gasteiger partial charge in [-0.2, -0.15) is 5.01 Å². The Morgan fingerprint density at radius 1 is 1.36 bits per heavy atom. The van der Waals surface area contributed by atoms with Crippen molar-refractivity contribution in [1.29, 1.82) is 0 Å². The van der Waals surface area contributed by atoms with Crippen LogP contribution in [0.2, 0.25) is 0 Å². The highest BCUT2D eigenvalue weighted by Gasteiger charge is 2.50. The molecule has 0 aromatic heterocycles. The molecule has 7 nitrogen and oxygen atoms in total. The predicted molar refractivity (Wildman–Crippen MR) is 113 cm³/mol. The van der Waals surface area contributed by atoms with E-state index in [1.807, 2.05) is 0 Å². The zero-order chi connectivity index (χ0) is 20.7. The number of benzene rings is 1. The number of carbonyl (C=O) groups is 2. The molecule has 3 N–H and O–H groups in total. The van der Waals surface area contributed by atoms with Crippen molar-refractivity contribution in [3.63, 3.8) is 0 Å². The first-order valence-corrected chi connectivity index (χ1v) is 10.1. The van der Waals surface area contributed by atoms with E-state index in [2.05, 4.69) is 29.9 Å². The van der Waals surface area contributed by atoms with Gasteiger partial charge < -0.3 is 15.4 Å². The smallest absolute Gasteiger partial charge is 0.344 e. The maximum absolute atomic E-state index is 13.0. The van der Waals surface area contributed by atoms with Crippen LogP contribution in [0.1, 0.15) is 52.0 Å². The van der Waals surface area contributed by atoms with Crippen molar-refractivity contribution in [2.24, 2.45) is 5.92 Å². The van der Waals surface area contributed by atoms with Gasteiger partial charge in [0.25, 0.3) is 5.91 Å². The lowest BCUT2D eigenvalue weighted by Crippen LogP contribution is -2.51. The molecule has 0 unspecified atom stereocenters. The molecule has 1 fully saturated rings. The molecule has 1 aliphatic heterocycles. The lowest BCUT2D eigenvalue weighted by molar-refractivity contribution is -0.132. The van der Waals surface area contributed by atoms with Gasteiger partial charge in [0.05, 0.1) is 7.11 Å². The minimum absolute atomic E-state index is 0.258. The number of hydrazine groups is 1. The second-order valence-corrected chi connectivity index (χ2v) is 7.57. The summed E-state index contributed by atoms with van der Waals surface area (Å²) in [6.45, 7) is 6.69. The summed E-state index contributed by atoms with van der Waals surface area (Å²) in [4.78, 5) is 25.4. The summed E-state index contributed by atoms with van der Waals surface area (Å²) in [5.74, 6) is 0.694. The number of unbranched alkanes of at least 4 members (excludes halogenated alkanes) is 1. The molecule has 1 aliphatic rings.